The summed E-state index contributed by atoms with van der Waals surface area (Å²) in [5, 5.41) is 0. The second kappa shape index (κ2) is 6.53. The van der Waals surface area contributed by atoms with Crippen molar-refractivity contribution in [2.45, 2.75) is 0 Å². The van der Waals surface area contributed by atoms with E-state index >= 15 is 0 Å². The first kappa shape index (κ1) is 12.1. The van der Waals surface area contributed by atoms with Crippen molar-refractivity contribution in [2.24, 2.45) is 0 Å². The molecular weight excluding hydrogens is 283 g/mol. The predicted molar refractivity (Wildman–Crippen MR) is 26.1 cm³/mol. The van der Waals surface area contributed by atoms with Gasteiger partial charge >= 0.3 is 19.5 Å². The Kier molecular flexibility index (Phi) is 8.80. The maximum atomic E-state index is 11.9. The topological polar surface area (TPSA) is 0 Å². The van der Waals surface area contributed by atoms with Crippen LogP contribution in [0.3, 0.4) is 0 Å². The van der Waals surface area contributed by atoms with Crippen molar-refractivity contribution in [3.8, 4) is 0 Å². The summed E-state index contributed by atoms with van der Waals surface area (Å²) >= 11 is 0. The third kappa shape index (κ3) is 4.89. The first-order valence-corrected chi connectivity index (χ1v) is 2.01. The molecule has 0 spiro atoms. The summed E-state index contributed by atoms with van der Waals surface area (Å²) < 4.78 is 11.9. The maximum absolute atomic E-state index is 11.9. The largest absolute Gasteiger partial charge is 2.00 e. The summed E-state index contributed by atoms with van der Waals surface area (Å²) in [6.45, 7) is 0. The molecule has 0 aromatic rings. The van der Waals surface area contributed by atoms with E-state index in [1.54, 1.807) is 0 Å². The van der Waals surface area contributed by atoms with Gasteiger partial charge in [0.05, 0.1) is 0 Å². The Hall–Kier alpha value is 0.413. The van der Waals surface area contributed by atoms with E-state index in [1.807, 2.05) is 0 Å². The number of rotatable bonds is 0. The van der Waals surface area contributed by atoms with Crippen LogP contribution in [0, 0.1) is 6.42 Å². The minimum Gasteiger partial charge on any atom is -1.00 e. The van der Waals surface area contributed by atoms with Crippen LogP contribution < -0.4 is 24.0 Å². The van der Waals surface area contributed by atoms with E-state index in [1.165, 1.54) is 24.6 Å². The maximum Gasteiger partial charge on any atom is 2.00 e. The van der Waals surface area contributed by atoms with Gasteiger partial charge in [0, 0.05) is 5.83 Å². The molecule has 0 heterocycles. The van der Waals surface area contributed by atoms with Crippen molar-refractivity contribution in [2.75, 3.05) is 0 Å². The molecule has 0 nitrogen and oxygen atoms in total. The Labute approximate surface area is 83.7 Å². The Morgan fingerprint density at radius 1 is 1.56 bits per heavy atom. The van der Waals surface area contributed by atoms with Crippen LogP contribution in [0.4, 0.5) is 4.39 Å². The summed E-state index contributed by atoms with van der Waals surface area (Å²) in [6, 6.07) is 0. The SMILES string of the molecule is FC1=CC=C=C[CH-]1.[I-].[Zn+2]. The fourth-order valence-electron chi connectivity index (χ4n) is 0.367. The summed E-state index contributed by atoms with van der Waals surface area (Å²) in [7, 11) is 0. The third-order valence-electron chi connectivity index (χ3n) is 0.678. The summed E-state index contributed by atoms with van der Waals surface area (Å²) in [6.07, 6.45) is 5.80. The molecule has 1 aliphatic carbocycles. The zero-order valence-corrected chi connectivity index (χ0v) is 9.90. The first-order valence-electron chi connectivity index (χ1n) is 2.01. The van der Waals surface area contributed by atoms with Crippen LogP contribution >= 0.6 is 0 Å². The fraction of sp³-hybridized carbons (Fsp3) is 0. The standard InChI is InChI=1S/C6H4F.HI.Zn/c7-6-4-2-1-3-5-6;;/h2-5H;1H;/q-1;;+2/p-1. The molecular formula is C6H4FIZn. The van der Waals surface area contributed by atoms with E-state index < -0.39 is 0 Å². The van der Waals surface area contributed by atoms with Crippen molar-refractivity contribution in [3.63, 3.8) is 0 Å². The molecule has 0 aromatic heterocycles. The molecule has 44 valence electrons. The normalized spacial score (nSPS) is 12.3. The van der Waals surface area contributed by atoms with Gasteiger partial charge in [-0.25, -0.2) is 4.39 Å². The van der Waals surface area contributed by atoms with Gasteiger partial charge in [0.2, 0.25) is 0 Å². The fourth-order valence-corrected chi connectivity index (χ4v) is 0.367. The van der Waals surface area contributed by atoms with E-state index in [9.17, 15) is 4.39 Å². The number of hydrogen-bond donors (Lipinski definition) is 0. The molecule has 0 N–H and O–H groups in total. The minimum absolute atomic E-state index is 0. The van der Waals surface area contributed by atoms with Crippen molar-refractivity contribution in [3.05, 3.63) is 36.2 Å². The molecule has 0 aromatic carbocycles. The average Bonchev–Trinajstić information content (AvgIpc) is 1.69. The van der Waals surface area contributed by atoms with E-state index in [2.05, 4.69) is 5.73 Å². The molecule has 0 atom stereocenters. The van der Waals surface area contributed by atoms with E-state index in [0.29, 0.717) is 0 Å². The van der Waals surface area contributed by atoms with Crippen molar-refractivity contribution in [1.82, 2.24) is 0 Å². The summed E-state index contributed by atoms with van der Waals surface area (Å²) in [4.78, 5) is 0. The molecule has 3 heteroatoms. The van der Waals surface area contributed by atoms with Gasteiger partial charge in [-0.3, -0.25) is 5.73 Å². The van der Waals surface area contributed by atoms with Crippen molar-refractivity contribution >= 4 is 0 Å². The molecule has 9 heavy (non-hydrogen) atoms. The van der Waals surface area contributed by atoms with Crippen LogP contribution in [0.5, 0.6) is 0 Å². The predicted octanol–water partition coefficient (Wildman–Crippen LogP) is -1.23. The van der Waals surface area contributed by atoms with Crippen LogP contribution in [0.2, 0.25) is 0 Å². The second-order valence-electron chi connectivity index (χ2n) is 1.22. The van der Waals surface area contributed by atoms with Crippen molar-refractivity contribution in [1.29, 1.82) is 0 Å². The smallest absolute Gasteiger partial charge is 1.00 e. The molecule has 0 saturated carbocycles. The number of halogens is 2. The molecule has 0 amide bonds. The number of hydrogen-bond acceptors (Lipinski definition) is 0. The molecule has 1 aliphatic rings. The van der Waals surface area contributed by atoms with E-state index in [0.717, 1.165) is 0 Å². The van der Waals surface area contributed by atoms with E-state index in [4.69, 9.17) is 0 Å². The molecule has 0 saturated heterocycles. The average molecular weight is 287 g/mol. The quantitative estimate of drug-likeness (QED) is 0.227. The Balaban J connectivity index is 0. The van der Waals surface area contributed by atoms with Gasteiger partial charge < -0.3 is 24.0 Å². The van der Waals surface area contributed by atoms with Gasteiger partial charge in [-0.15, -0.1) is 24.6 Å². The third-order valence-corrected chi connectivity index (χ3v) is 0.678. The van der Waals surface area contributed by atoms with Crippen LogP contribution in [-0.4, -0.2) is 0 Å². The molecule has 0 bridgehead atoms. The molecule has 1 rings (SSSR count). The zero-order chi connectivity index (χ0) is 5.11. The van der Waals surface area contributed by atoms with Gasteiger partial charge in [0.1, 0.15) is 0 Å². The molecule has 0 unspecified atom stereocenters. The first-order chi connectivity index (χ1) is 3.39. The van der Waals surface area contributed by atoms with Crippen molar-refractivity contribution < 1.29 is 47.8 Å². The van der Waals surface area contributed by atoms with Crippen LogP contribution in [0.15, 0.2) is 29.8 Å². The Morgan fingerprint density at radius 3 is 2.44 bits per heavy atom. The van der Waals surface area contributed by atoms with Crippen LogP contribution in [-0.2, 0) is 19.5 Å². The molecule has 0 aliphatic heterocycles. The zero-order valence-electron chi connectivity index (χ0n) is 4.77. The molecule has 0 fully saturated rings. The van der Waals surface area contributed by atoms with Crippen LogP contribution in [0.25, 0.3) is 0 Å². The van der Waals surface area contributed by atoms with E-state index in [-0.39, 0.29) is 49.3 Å². The molecule has 0 radical (unpaired) electrons. The number of allylic oxidation sites excluding steroid dienone is 3. The van der Waals surface area contributed by atoms with Gasteiger partial charge in [-0.05, 0) is 0 Å². The van der Waals surface area contributed by atoms with Gasteiger partial charge in [-0.2, -0.15) is 0 Å². The second-order valence-corrected chi connectivity index (χ2v) is 1.22. The summed E-state index contributed by atoms with van der Waals surface area (Å²) in [5.74, 6) is -0.209. The Morgan fingerprint density at radius 2 is 2.22 bits per heavy atom. The summed E-state index contributed by atoms with van der Waals surface area (Å²) in [5.41, 5.74) is 2.69. The van der Waals surface area contributed by atoms with Gasteiger partial charge in [0.25, 0.3) is 0 Å². The van der Waals surface area contributed by atoms with Crippen LogP contribution in [0.1, 0.15) is 0 Å². The monoisotopic (exact) mass is 286 g/mol. The van der Waals surface area contributed by atoms with Gasteiger partial charge in [0.15, 0.2) is 0 Å². The minimum atomic E-state index is -0.209. The van der Waals surface area contributed by atoms with Gasteiger partial charge in [-0.1, -0.05) is 0 Å². The Bertz CT molecular complexity index is 156.